The van der Waals surface area contributed by atoms with Gasteiger partial charge < -0.3 is 4.90 Å². The topological polar surface area (TPSA) is 57.7 Å². The van der Waals surface area contributed by atoms with Gasteiger partial charge in [-0.1, -0.05) is 18.1 Å². The van der Waals surface area contributed by atoms with Crippen LogP contribution in [0.15, 0.2) is 0 Å². The van der Waals surface area contributed by atoms with Gasteiger partial charge in [-0.15, -0.1) is 10.2 Å². The summed E-state index contributed by atoms with van der Waals surface area (Å²) >= 11 is 0. The molecule has 17 heavy (non-hydrogen) atoms. The monoisotopic (exact) mass is 235 g/mol. The molecule has 1 N–H and O–H groups in total. The third-order valence-electron chi connectivity index (χ3n) is 4.31. The Bertz CT molecular complexity index is 323. The molecule has 1 aliphatic carbocycles. The molecule has 0 amide bonds. The summed E-state index contributed by atoms with van der Waals surface area (Å²) in [4.78, 5) is 2.63. The lowest BCUT2D eigenvalue weighted by atomic mass is 9.95. The molecule has 3 rings (SSSR count). The Morgan fingerprint density at radius 3 is 2.53 bits per heavy atom. The van der Waals surface area contributed by atoms with Crippen LogP contribution in [-0.4, -0.2) is 45.2 Å². The van der Waals surface area contributed by atoms with E-state index < -0.39 is 0 Å². The van der Waals surface area contributed by atoms with E-state index in [1.54, 1.807) is 0 Å². The Kier molecular flexibility index (Phi) is 3.36. The number of piperidine rings is 1. The molecule has 1 saturated carbocycles. The minimum atomic E-state index is 0.522. The molecule has 94 valence electrons. The van der Waals surface area contributed by atoms with Crippen LogP contribution in [0.2, 0.25) is 0 Å². The van der Waals surface area contributed by atoms with E-state index >= 15 is 0 Å². The van der Waals surface area contributed by atoms with E-state index in [2.05, 4.69) is 25.5 Å². The van der Waals surface area contributed by atoms with Crippen LogP contribution < -0.4 is 0 Å². The highest BCUT2D eigenvalue weighted by molar-refractivity contribution is 4.94. The van der Waals surface area contributed by atoms with Crippen LogP contribution in [0.1, 0.15) is 50.3 Å². The van der Waals surface area contributed by atoms with E-state index in [0.717, 1.165) is 11.7 Å². The Morgan fingerprint density at radius 1 is 1.12 bits per heavy atom. The molecule has 1 aromatic rings. The molecular formula is C12H21N5. The van der Waals surface area contributed by atoms with Gasteiger partial charge in [-0.25, -0.2) is 0 Å². The fourth-order valence-electron chi connectivity index (χ4n) is 3.27. The van der Waals surface area contributed by atoms with Gasteiger partial charge in [0.15, 0.2) is 5.82 Å². The van der Waals surface area contributed by atoms with Gasteiger partial charge >= 0.3 is 0 Å². The van der Waals surface area contributed by atoms with Crippen LogP contribution in [0.3, 0.4) is 0 Å². The average Bonchev–Trinajstić information content (AvgIpc) is 3.01. The summed E-state index contributed by atoms with van der Waals surface area (Å²) in [5.41, 5.74) is 0. The third kappa shape index (κ3) is 2.65. The van der Waals surface area contributed by atoms with Crippen molar-refractivity contribution in [3.63, 3.8) is 0 Å². The zero-order chi connectivity index (χ0) is 11.5. The van der Waals surface area contributed by atoms with Gasteiger partial charge in [-0.05, 0) is 44.7 Å². The Morgan fingerprint density at radius 2 is 1.88 bits per heavy atom. The predicted molar refractivity (Wildman–Crippen MR) is 64.6 cm³/mol. The van der Waals surface area contributed by atoms with E-state index in [4.69, 9.17) is 0 Å². The molecule has 0 unspecified atom stereocenters. The normalized spacial score (nSPS) is 24.5. The molecule has 0 atom stereocenters. The molecule has 5 nitrogen and oxygen atoms in total. The number of hydrogen-bond acceptors (Lipinski definition) is 4. The van der Waals surface area contributed by atoms with Crippen molar-refractivity contribution in [1.29, 1.82) is 0 Å². The quantitative estimate of drug-likeness (QED) is 0.864. The lowest BCUT2D eigenvalue weighted by molar-refractivity contribution is 0.181. The van der Waals surface area contributed by atoms with Crippen molar-refractivity contribution < 1.29 is 0 Å². The largest absolute Gasteiger partial charge is 0.303 e. The second-order valence-corrected chi connectivity index (χ2v) is 5.50. The zero-order valence-electron chi connectivity index (χ0n) is 10.3. The fourth-order valence-corrected chi connectivity index (χ4v) is 3.27. The number of rotatable bonds is 3. The molecule has 0 radical (unpaired) electrons. The molecule has 0 aromatic carbocycles. The van der Waals surface area contributed by atoms with E-state index in [1.807, 2.05) is 0 Å². The van der Waals surface area contributed by atoms with Gasteiger partial charge in [0, 0.05) is 12.5 Å². The average molecular weight is 235 g/mol. The highest BCUT2D eigenvalue weighted by atomic mass is 15.5. The van der Waals surface area contributed by atoms with Crippen LogP contribution in [-0.2, 0) is 0 Å². The maximum absolute atomic E-state index is 4.10. The molecule has 0 bridgehead atoms. The summed E-state index contributed by atoms with van der Waals surface area (Å²) in [5.74, 6) is 2.40. The summed E-state index contributed by atoms with van der Waals surface area (Å²) in [6.45, 7) is 3.73. The highest BCUT2D eigenvalue weighted by Gasteiger charge is 2.25. The number of H-pyrrole nitrogens is 1. The molecule has 2 aliphatic rings. The smallest absolute Gasteiger partial charge is 0.177 e. The van der Waals surface area contributed by atoms with Gasteiger partial charge in [0.2, 0.25) is 0 Å². The molecule has 1 aromatic heterocycles. The van der Waals surface area contributed by atoms with Gasteiger partial charge in [0.05, 0.1) is 0 Å². The van der Waals surface area contributed by atoms with Crippen LogP contribution >= 0.6 is 0 Å². The van der Waals surface area contributed by atoms with E-state index in [0.29, 0.717) is 5.92 Å². The number of nitrogens with zero attached hydrogens (tertiary/aromatic N) is 4. The Labute approximate surface area is 102 Å². The van der Waals surface area contributed by atoms with Gasteiger partial charge in [0.1, 0.15) is 0 Å². The van der Waals surface area contributed by atoms with Crippen molar-refractivity contribution in [3.05, 3.63) is 5.82 Å². The Hall–Kier alpha value is -0.970. The first-order valence-electron chi connectivity index (χ1n) is 6.87. The van der Waals surface area contributed by atoms with Crippen molar-refractivity contribution in [1.82, 2.24) is 25.5 Å². The molecule has 0 spiro atoms. The van der Waals surface area contributed by atoms with E-state index in [9.17, 15) is 0 Å². The lowest BCUT2D eigenvalue weighted by Crippen LogP contribution is -2.36. The highest BCUT2D eigenvalue weighted by Crippen LogP contribution is 2.29. The Balaban J connectivity index is 1.47. The second-order valence-electron chi connectivity index (χ2n) is 5.50. The molecule has 2 heterocycles. The van der Waals surface area contributed by atoms with Crippen molar-refractivity contribution in [3.8, 4) is 0 Å². The van der Waals surface area contributed by atoms with Gasteiger partial charge in [-0.2, -0.15) is 5.21 Å². The lowest BCUT2D eigenvalue weighted by Gasteiger charge is -2.32. The predicted octanol–water partition coefficient (Wildman–Crippen LogP) is 1.57. The minimum absolute atomic E-state index is 0.522. The van der Waals surface area contributed by atoms with Crippen molar-refractivity contribution in [2.75, 3.05) is 19.6 Å². The number of tetrazole rings is 1. The number of likely N-dealkylation sites (tertiary alicyclic amines) is 1. The summed E-state index contributed by atoms with van der Waals surface area (Å²) in [6, 6.07) is 0. The number of hydrogen-bond donors (Lipinski definition) is 1. The molecule has 1 aliphatic heterocycles. The summed E-state index contributed by atoms with van der Waals surface area (Å²) in [7, 11) is 0. The van der Waals surface area contributed by atoms with Crippen molar-refractivity contribution in [2.45, 2.75) is 44.4 Å². The second kappa shape index (κ2) is 5.12. The molecule has 1 saturated heterocycles. The maximum Gasteiger partial charge on any atom is 0.177 e. The zero-order valence-corrected chi connectivity index (χ0v) is 10.3. The van der Waals surface area contributed by atoms with Crippen molar-refractivity contribution >= 4 is 0 Å². The van der Waals surface area contributed by atoms with Gasteiger partial charge in [0.25, 0.3) is 0 Å². The summed E-state index contributed by atoms with van der Waals surface area (Å²) < 4.78 is 0. The standard InChI is InChI=1S/C12H21N5/c1-2-4-10(3-1)9-17-7-5-11(6-8-17)12-13-15-16-14-12/h10-11H,1-9H2,(H,13,14,15,16). The fraction of sp³-hybridized carbons (Fsp3) is 0.917. The molecular weight excluding hydrogens is 214 g/mol. The summed E-state index contributed by atoms with van der Waals surface area (Å²) in [5, 5.41) is 14.4. The number of nitrogens with one attached hydrogen (secondary N) is 1. The summed E-state index contributed by atoms with van der Waals surface area (Å²) in [6.07, 6.45) is 8.17. The van der Waals surface area contributed by atoms with Crippen LogP contribution in [0, 0.1) is 5.92 Å². The maximum atomic E-state index is 4.10. The first-order chi connectivity index (χ1) is 8.42. The SMILES string of the molecule is C1CCC(CN2CCC(c3nn[nH]n3)CC2)C1. The van der Waals surface area contributed by atoms with Crippen molar-refractivity contribution in [2.24, 2.45) is 5.92 Å². The first-order valence-corrected chi connectivity index (χ1v) is 6.87. The number of aromatic amines is 1. The minimum Gasteiger partial charge on any atom is -0.303 e. The van der Waals surface area contributed by atoms with Crippen LogP contribution in [0.4, 0.5) is 0 Å². The first kappa shape index (κ1) is 11.1. The third-order valence-corrected chi connectivity index (χ3v) is 4.31. The molecule has 5 heteroatoms. The van der Waals surface area contributed by atoms with E-state index in [1.165, 1.54) is 58.2 Å². The number of aromatic nitrogens is 4. The molecule has 2 fully saturated rings. The van der Waals surface area contributed by atoms with Crippen LogP contribution in [0.5, 0.6) is 0 Å². The van der Waals surface area contributed by atoms with Crippen LogP contribution in [0.25, 0.3) is 0 Å². The van der Waals surface area contributed by atoms with Gasteiger partial charge in [-0.3, -0.25) is 0 Å². The van der Waals surface area contributed by atoms with E-state index in [-0.39, 0.29) is 0 Å².